The highest BCUT2D eigenvalue weighted by Gasteiger charge is 2.00. The lowest BCUT2D eigenvalue weighted by Gasteiger charge is -2.09. The second kappa shape index (κ2) is 12.3. The van der Waals surface area contributed by atoms with E-state index in [4.69, 9.17) is 9.47 Å². The Kier molecular flexibility index (Phi) is 13.6. The molecule has 0 aromatic carbocycles. The first kappa shape index (κ1) is 17.6. The molecule has 16 heavy (non-hydrogen) atoms. The van der Waals surface area contributed by atoms with E-state index < -0.39 is 0 Å². The first-order valence-corrected chi connectivity index (χ1v) is 5.69. The largest absolute Gasteiger partial charge is 0.353 e. The molecule has 0 aromatic heterocycles. The molecular formula is C12H24O4. The Morgan fingerprint density at radius 2 is 1.56 bits per heavy atom. The van der Waals surface area contributed by atoms with Gasteiger partial charge in [-0.25, -0.2) is 0 Å². The molecule has 0 fully saturated rings. The first-order valence-electron chi connectivity index (χ1n) is 5.69. The van der Waals surface area contributed by atoms with Crippen molar-refractivity contribution >= 4 is 12.1 Å². The summed E-state index contributed by atoms with van der Waals surface area (Å²) >= 11 is 0. The SMILES string of the molecule is CC(C)CC(=O)C=O.CCOC(C)OCC. The normalized spacial score (nSPS) is 9.94. The van der Waals surface area contributed by atoms with Gasteiger partial charge < -0.3 is 9.47 Å². The zero-order valence-electron chi connectivity index (χ0n) is 11.0. The molecule has 0 heterocycles. The van der Waals surface area contributed by atoms with Crippen molar-refractivity contribution in [3.05, 3.63) is 0 Å². The topological polar surface area (TPSA) is 52.6 Å². The highest BCUT2D eigenvalue weighted by atomic mass is 16.7. The second-order valence-corrected chi connectivity index (χ2v) is 3.66. The predicted octanol–water partition coefficient (Wildman–Crippen LogP) is 2.21. The van der Waals surface area contributed by atoms with Crippen LogP contribution in [0.15, 0.2) is 0 Å². The third-order valence-corrected chi connectivity index (χ3v) is 1.54. The molecule has 0 saturated carbocycles. The molecule has 0 rings (SSSR count). The lowest BCUT2D eigenvalue weighted by molar-refractivity contribution is -0.130. The Balaban J connectivity index is 0. The minimum absolute atomic E-state index is 0.0370. The molecule has 0 radical (unpaired) electrons. The van der Waals surface area contributed by atoms with Crippen molar-refractivity contribution < 1.29 is 19.1 Å². The van der Waals surface area contributed by atoms with Crippen LogP contribution in [0.3, 0.4) is 0 Å². The summed E-state index contributed by atoms with van der Waals surface area (Å²) < 4.78 is 10.1. The van der Waals surface area contributed by atoms with Gasteiger partial charge >= 0.3 is 0 Å². The van der Waals surface area contributed by atoms with Crippen molar-refractivity contribution in [3.8, 4) is 0 Å². The highest BCUT2D eigenvalue weighted by Crippen LogP contribution is 1.97. The van der Waals surface area contributed by atoms with Crippen LogP contribution in [0.25, 0.3) is 0 Å². The Labute approximate surface area is 98.3 Å². The first-order chi connectivity index (χ1) is 7.47. The van der Waals surface area contributed by atoms with Gasteiger partial charge in [-0.1, -0.05) is 13.8 Å². The van der Waals surface area contributed by atoms with Gasteiger partial charge in [0.25, 0.3) is 0 Å². The summed E-state index contributed by atoms with van der Waals surface area (Å²) in [6.45, 7) is 11.1. The van der Waals surface area contributed by atoms with E-state index >= 15 is 0 Å². The van der Waals surface area contributed by atoms with E-state index in [0.29, 0.717) is 18.6 Å². The van der Waals surface area contributed by atoms with Crippen molar-refractivity contribution in [2.75, 3.05) is 13.2 Å². The molecule has 4 heteroatoms. The Hall–Kier alpha value is -0.740. The molecule has 0 atom stereocenters. The van der Waals surface area contributed by atoms with Crippen LogP contribution in [0, 0.1) is 5.92 Å². The average molecular weight is 232 g/mol. The molecule has 0 amide bonds. The van der Waals surface area contributed by atoms with Crippen LogP contribution in [0.4, 0.5) is 0 Å². The average Bonchev–Trinajstić information content (AvgIpc) is 2.18. The summed E-state index contributed by atoms with van der Waals surface area (Å²) in [6.07, 6.45) is 0.716. The molecule has 0 spiro atoms. The van der Waals surface area contributed by atoms with E-state index in [-0.39, 0.29) is 12.1 Å². The third-order valence-electron chi connectivity index (χ3n) is 1.54. The number of hydrogen-bond donors (Lipinski definition) is 0. The Morgan fingerprint density at radius 3 is 1.75 bits per heavy atom. The molecule has 0 aromatic rings. The number of rotatable bonds is 7. The van der Waals surface area contributed by atoms with Gasteiger partial charge in [-0.05, 0) is 26.7 Å². The van der Waals surface area contributed by atoms with Crippen LogP contribution >= 0.6 is 0 Å². The standard InChI is InChI=1S/C6H10O2.C6H14O2/c1-5(2)3-6(8)4-7;1-4-7-6(3)8-5-2/h4-5H,3H2,1-2H3;6H,4-5H2,1-3H3. The van der Waals surface area contributed by atoms with Gasteiger partial charge in [-0.3, -0.25) is 9.59 Å². The second-order valence-electron chi connectivity index (χ2n) is 3.66. The third kappa shape index (κ3) is 15.7. The van der Waals surface area contributed by atoms with E-state index in [1.54, 1.807) is 0 Å². The smallest absolute Gasteiger partial charge is 0.195 e. The van der Waals surface area contributed by atoms with Crippen LogP contribution in [0.1, 0.15) is 41.0 Å². The quantitative estimate of drug-likeness (QED) is 0.383. The van der Waals surface area contributed by atoms with Gasteiger partial charge in [0.05, 0.1) is 0 Å². The van der Waals surface area contributed by atoms with E-state index in [0.717, 1.165) is 13.2 Å². The van der Waals surface area contributed by atoms with Gasteiger partial charge in [0.1, 0.15) is 0 Å². The lowest BCUT2D eigenvalue weighted by atomic mass is 10.1. The van der Waals surface area contributed by atoms with Crippen LogP contribution in [0.2, 0.25) is 0 Å². The van der Waals surface area contributed by atoms with Crippen LogP contribution in [0.5, 0.6) is 0 Å². The fourth-order valence-corrected chi connectivity index (χ4v) is 0.968. The Bertz CT molecular complexity index is 172. The zero-order valence-corrected chi connectivity index (χ0v) is 11.0. The summed E-state index contributed by atoms with van der Waals surface area (Å²) in [5.41, 5.74) is 0. The maximum Gasteiger partial charge on any atom is 0.195 e. The van der Waals surface area contributed by atoms with Crippen molar-refractivity contribution in [2.24, 2.45) is 5.92 Å². The van der Waals surface area contributed by atoms with Crippen molar-refractivity contribution in [3.63, 3.8) is 0 Å². The lowest BCUT2D eigenvalue weighted by Crippen LogP contribution is -2.11. The van der Waals surface area contributed by atoms with Crippen LogP contribution in [-0.4, -0.2) is 31.6 Å². The maximum atomic E-state index is 10.3. The molecule has 0 aliphatic carbocycles. The van der Waals surface area contributed by atoms with E-state index in [9.17, 15) is 9.59 Å². The van der Waals surface area contributed by atoms with Gasteiger partial charge in [-0.2, -0.15) is 0 Å². The fourth-order valence-electron chi connectivity index (χ4n) is 0.968. The fraction of sp³-hybridized carbons (Fsp3) is 0.833. The molecule has 0 saturated heterocycles. The number of carbonyl (C=O) groups is 2. The minimum atomic E-state index is -0.306. The molecule has 96 valence electrons. The van der Waals surface area contributed by atoms with Crippen LogP contribution in [-0.2, 0) is 19.1 Å². The van der Waals surface area contributed by atoms with Gasteiger partial charge in [0, 0.05) is 19.6 Å². The Morgan fingerprint density at radius 1 is 1.12 bits per heavy atom. The number of aldehydes is 1. The van der Waals surface area contributed by atoms with Crippen LogP contribution < -0.4 is 0 Å². The molecule has 0 unspecified atom stereocenters. The number of carbonyl (C=O) groups excluding carboxylic acids is 2. The summed E-state index contributed by atoms with van der Waals surface area (Å²) in [5, 5.41) is 0. The predicted molar refractivity (Wildman–Crippen MR) is 63.2 cm³/mol. The summed E-state index contributed by atoms with van der Waals surface area (Å²) in [7, 11) is 0. The molecule has 0 bridgehead atoms. The summed E-state index contributed by atoms with van der Waals surface area (Å²) in [4.78, 5) is 19.9. The van der Waals surface area contributed by atoms with Crippen molar-refractivity contribution in [2.45, 2.75) is 47.3 Å². The molecule has 0 aliphatic heterocycles. The minimum Gasteiger partial charge on any atom is -0.353 e. The number of Topliss-reactive ketones (excluding diaryl/α,β-unsaturated/α-hetero) is 1. The number of ether oxygens (including phenoxy) is 2. The molecule has 0 aliphatic rings. The molecule has 0 N–H and O–H groups in total. The van der Waals surface area contributed by atoms with E-state index in [1.165, 1.54) is 0 Å². The van der Waals surface area contributed by atoms with E-state index in [2.05, 4.69) is 0 Å². The molecule has 4 nitrogen and oxygen atoms in total. The maximum absolute atomic E-state index is 10.3. The van der Waals surface area contributed by atoms with Crippen molar-refractivity contribution in [1.29, 1.82) is 0 Å². The monoisotopic (exact) mass is 232 g/mol. The summed E-state index contributed by atoms with van der Waals surface area (Å²) in [6, 6.07) is 0. The highest BCUT2D eigenvalue weighted by molar-refractivity contribution is 6.24. The van der Waals surface area contributed by atoms with E-state index in [1.807, 2.05) is 34.6 Å². The van der Waals surface area contributed by atoms with Crippen molar-refractivity contribution in [1.82, 2.24) is 0 Å². The molecular weight excluding hydrogens is 208 g/mol. The number of ketones is 1. The van der Waals surface area contributed by atoms with Gasteiger partial charge in [-0.15, -0.1) is 0 Å². The number of hydrogen-bond acceptors (Lipinski definition) is 4. The summed E-state index contributed by atoms with van der Waals surface area (Å²) in [5.74, 6) is -0.00676. The van der Waals surface area contributed by atoms with Gasteiger partial charge in [0.15, 0.2) is 18.4 Å². The zero-order chi connectivity index (χ0) is 13.0. The van der Waals surface area contributed by atoms with Gasteiger partial charge in [0.2, 0.25) is 0 Å².